The van der Waals surface area contributed by atoms with Gasteiger partial charge in [-0.25, -0.2) is 10.4 Å². The van der Waals surface area contributed by atoms with Gasteiger partial charge in [0.1, 0.15) is 11.5 Å². The summed E-state index contributed by atoms with van der Waals surface area (Å²) in [6.07, 6.45) is 5.05. The van der Waals surface area contributed by atoms with Crippen LogP contribution < -0.4 is 15.7 Å². The SMILES string of the molecule is CCCCc1c(C)nc(NN=Cc2ccc(OCCC)cc2O)[nH]c1=O. The topological polar surface area (TPSA) is 99.6 Å². The van der Waals surface area contributed by atoms with Crippen LogP contribution in [-0.2, 0) is 6.42 Å². The molecule has 0 saturated heterocycles. The van der Waals surface area contributed by atoms with E-state index in [-0.39, 0.29) is 17.3 Å². The highest BCUT2D eigenvalue weighted by atomic mass is 16.5. The number of benzene rings is 1. The summed E-state index contributed by atoms with van der Waals surface area (Å²) in [5.74, 6) is 0.946. The number of aryl methyl sites for hydroxylation is 1. The number of nitrogens with zero attached hydrogens (tertiary/aromatic N) is 2. The second-order valence-corrected chi connectivity index (χ2v) is 6.02. The van der Waals surface area contributed by atoms with Gasteiger partial charge in [-0.05, 0) is 38.3 Å². The average molecular weight is 358 g/mol. The minimum atomic E-state index is -0.149. The fourth-order valence-electron chi connectivity index (χ4n) is 2.42. The van der Waals surface area contributed by atoms with E-state index in [9.17, 15) is 9.90 Å². The van der Waals surface area contributed by atoms with Crippen LogP contribution in [0.25, 0.3) is 0 Å². The van der Waals surface area contributed by atoms with Crippen molar-refractivity contribution >= 4 is 12.2 Å². The number of ether oxygens (including phenoxy) is 1. The van der Waals surface area contributed by atoms with Crippen molar-refractivity contribution in [2.45, 2.75) is 46.5 Å². The summed E-state index contributed by atoms with van der Waals surface area (Å²) in [6.45, 7) is 6.51. The number of nitrogens with one attached hydrogen (secondary N) is 2. The quantitative estimate of drug-likeness (QED) is 0.471. The lowest BCUT2D eigenvalue weighted by Gasteiger charge is -2.07. The highest BCUT2D eigenvalue weighted by Crippen LogP contribution is 2.22. The van der Waals surface area contributed by atoms with Gasteiger partial charge >= 0.3 is 0 Å². The number of rotatable bonds is 9. The zero-order valence-electron chi connectivity index (χ0n) is 15.5. The fraction of sp³-hybridized carbons (Fsp3) is 0.421. The van der Waals surface area contributed by atoms with Crippen molar-refractivity contribution in [3.63, 3.8) is 0 Å². The summed E-state index contributed by atoms with van der Waals surface area (Å²) < 4.78 is 5.46. The van der Waals surface area contributed by atoms with Gasteiger partial charge in [-0.2, -0.15) is 5.10 Å². The molecule has 3 N–H and O–H groups in total. The molecule has 2 rings (SSSR count). The van der Waals surface area contributed by atoms with Gasteiger partial charge in [0.05, 0.1) is 12.8 Å². The Balaban J connectivity index is 2.05. The van der Waals surface area contributed by atoms with Gasteiger partial charge in [0, 0.05) is 22.9 Å². The highest BCUT2D eigenvalue weighted by molar-refractivity contribution is 5.84. The molecule has 140 valence electrons. The number of aromatic amines is 1. The Labute approximate surface area is 153 Å². The van der Waals surface area contributed by atoms with E-state index in [1.165, 1.54) is 6.21 Å². The number of phenols is 1. The van der Waals surface area contributed by atoms with Crippen molar-refractivity contribution < 1.29 is 9.84 Å². The van der Waals surface area contributed by atoms with E-state index in [2.05, 4.69) is 27.4 Å². The first-order valence-electron chi connectivity index (χ1n) is 8.89. The zero-order valence-corrected chi connectivity index (χ0v) is 15.5. The summed E-state index contributed by atoms with van der Waals surface area (Å²) in [5, 5.41) is 14.1. The van der Waals surface area contributed by atoms with Crippen LogP contribution in [0.4, 0.5) is 5.95 Å². The van der Waals surface area contributed by atoms with Crippen LogP contribution in [0.3, 0.4) is 0 Å². The van der Waals surface area contributed by atoms with E-state index in [4.69, 9.17) is 4.74 Å². The number of unbranched alkanes of at least 4 members (excludes halogenated alkanes) is 1. The number of aromatic nitrogens is 2. The van der Waals surface area contributed by atoms with E-state index in [1.807, 2.05) is 13.8 Å². The summed E-state index contributed by atoms with van der Waals surface area (Å²) in [6, 6.07) is 5.02. The Bertz CT molecular complexity index is 815. The van der Waals surface area contributed by atoms with Crippen LogP contribution in [0.15, 0.2) is 28.1 Å². The molecule has 0 atom stereocenters. The average Bonchev–Trinajstić information content (AvgIpc) is 2.61. The molecule has 0 fully saturated rings. The van der Waals surface area contributed by atoms with Crippen LogP contribution in [0.2, 0.25) is 0 Å². The molecule has 7 heteroatoms. The molecule has 0 bridgehead atoms. The molecule has 0 radical (unpaired) electrons. The molecule has 1 heterocycles. The summed E-state index contributed by atoms with van der Waals surface area (Å²) in [4.78, 5) is 19.1. The van der Waals surface area contributed by atoms with Gasteiger partial charge in [-0.15, -0.1) is 0 Å². The number of aromatic hydroxyl groups is 1. The number of hydrogen-bond acceptors (Lipinski definition) is 6. The largest absolute Gasteiger partial charge is 0.507 e. The fourth-order valence-corrected chi connectivity index (χ4v) is 2.42. The van der Waals surface area contributed by atoms with Gasteiger partial charge in [-0.3, -0.25) is 9.78 Å². The standard InChI is InChI=1S/C19H26N4O3/c1-4-6-7-16-13(3)21-19(22-18(16)25)23-20-12-14-8-9-15(11-17(14)24)26-10-5-2/h8-9,11-12,24H,4-7,10H2,1-3H3,(H2,21,22,23,25). The molecule has 26 heavy (non-hydrogen) atoms. The van der Waals surface area contributed by atoms with Gasteiger partial charge in [0.15, 0.2) is 0 Å². The molecule has 2 aromatic rings. The first-order valence-corrected chi connectivity index (χ1v) is 8.89. The smallest absolute Gasteiger partial charge is 0.255 e. The normalized spacial score (nSPS) is 11.0. The van der Waals surface area contributed by atoms with Crippen molar-refractivity contribution in [2.75, 3.05) is 12.0 Å². The minimum absolute atomic E-state index is 0.0664. The Hall–Kier alpha value is -2.83. The Morgan fingerprint density at radius 2 is 2.15 bits per heavy atom. The number of H-pyrrole nitrogens is 1. The number of hydrazone groups is 1. The number of anilines is 1. The number of hydrogen-bond donors (Lipinski definition) is 3. The van der Waals surface area contributed by atoms with Crippen LogP contribution in [-0.4, -0.2) is 27.9 Å². The van der Waals surface area contributed by atoms with E-state index < -0.39 is 0 Å². The maximum absolute atomic E-state index is 12.1. The molecule has 0 aliphatic rings. The second-order valence-electron chi connectivity index (χ2n) is 6.02. The summed E-state index contributed by atoms with van der Waals surface area (Å²) >= 11 is 0. The van der Waals surface area contributed by atoms with Crippen molar-refractivity contribution in [2.24, 2.45) is 5.10 Å². The molecule has 0 unspecified atom stereocenters. The van der Waals surface area contributed by atoms with Crippen LogP contribution in [0.5, 0.6) is 11.5 Å². The maximum Gasteiger partial charge on any atom is 0.255 e. The molecule has 0 saturated carbocycles. The minimum Gasteiger partial charge on any atom is -0.507 e. The van der Waals surface area contributed by atoms with Crippen molar-refractivity contribution in [1.29, 1.82) is 0 Å². The maximum atomic E-state index is 12.1. The third-order valence-corrected chi connectivity index (χ3v) is 3.85. The van der Waals surface area contributed by atoms with Crippen molar-refractivity contribution in [1.82, 2.24) is 9.97 Å². The van der Waals surface area contributed by atoms with Gasteiger partial charge in [-0.1, -0.05) is 20.3 Å². The Morgan fingerprint density at radius 3 is 2.81 bits per heavy atom. The lowest BCUT2D eigenvalue weighted by Crippen LogP contribution is -2.18. The first-order chi connectivity index (χ1) is 12.5. The van der Waals surface area contributed by atoms with Gasteiger partial charge in [0.25, 0.3) is 5.56 Å². The van der Waals surface area contributed by atoms with Crippen molar-refractivity contribution in [3.8, 4) is 11.5 Å². The van der Waals surface area contributed by atoms with Crippen LogP contribution >= 0.6 is 0 Å². The number of phenolic OH excluding ortho intramolecular Hbond substituents is 1. The third kappa shape index (κ3) is 5.34. The Kier molecular flexibility index (Phi) is 7.20. The van der Waals surface area contributed by atoms with Crippen molar-refractivity contribution in [3.05, 3.63) is 45.4 Å². The lowest BCUT2D eigenvalue weighted by atomic mass is 10.1. The van der Waals surface area contributed by atoms with E-state index in [0.717, 1.165) is 19.3 Å². The molecular weight excluding hydrogens is 332 g/mol. The van der Waals surface area contributed by atoms with E-state index in [1.54, 1.807) is 18.2 Å². The van der Waals surface area contributed by atoms with E-state index >= 15 is 0 Å². The molecule has 1 aromatic carbocycles. The van der Waals surface area contributed by atoms with Crippen LogP contribution in [0, 0.1) is 6.92 Å². The molecule has 0 amide bonds. The third-order valence-electron chi connectivity index (χ3n) is 3.85. The highest BCUT2D eigenvalue weighted by Gasteiger charge is 2.07. The summed E-state index contributed by atoms with van der Waals surface area (Å²) in [7, 11) is 0. The van der Waals surface area contributed by atoms with Gasteiger partial charge in [0.2, 0.25) is 5.95 Å². The predicted molar refractivity (Wildman–Crippen MR) is 103 cm³/mol. The lowest BCUT2D eigenvalue weighted by molar-refractivity contribution is 0.315. The first kappa shape index (κ1) is 19.5. The zero-order chi connectivity index (χ0) is 18.9. The predicted octanol–water partition coefficient (Wildman–Crippen LogP) is 3.36. The Morgan fingerprint density at radius 1 is 1.35 bits per heavy atom. The molecule has 0 aliphatic heterocycles. The second kappa shape index (κ2) is 9.60. The van der Waals surface area contributed by atoms with Crippen LogP contribution in [0.1, 0.15) is 49.9 Å². The molecule has 1 aromatic heterocycles. The molecule has 0 spiro atoms. The summed E-state index contributed by atoms with van der Waals surface area (Å²) in [5.41, 5.74) is 4.48. The van der Waals surface area contributed by atoms with E-state index in [0.29, 0.717) is 35.6 Å². The molecule has 7 nitrogen and oxygen atoms in total. The molecule has 0 aliphatic carbocycles. The van der Waals surface area contributed by atoms with Gasteiger partial charge < -0.3 is 9.84 Å². The molecular formula is C19H26N4O3. The monoisotopic (exact) mass is 358 g/mol.